The minimum Gasteiger partial charge on any atom is -0.507 e. The molecule has 1 N–H and O–H groups in total. The lowest BCUT2D eigenvalue weighted by Crippen LogP contribution is -2.30. The highest BCUT2D eigenvalue weighted by atomic mass is 16.5. The van der Waals surface area contributed by atoms with Crippen molar-refractivity contribution in [1.29, 1.82) is 0 Å². The van der Waals surface area contributed by atoms with Crippen molar-refractivity contribution in [1.82, 2.24) is 4.90 Å². The topological polar surface area (TPSA) is 70.1 Å². The molecule has 0 spiro atoms. The Kier molecular flexibility index (Phi) is 7.00. The van der Waals surface area contributed by atoms with E-state index in [0.717, 1.165) is 24.3 Å². The first-order chi connectivity index (χ1) is 15.0. The summed E-state index contributed by atoms with van der Waals surface area (Å²) in [7, 11) is 1.54. The predicted molar refractivity (Wildman–Crippen MR) is 122 cm³/mol. The number of amides is 1. The molecule has 31 heavy (non-hydrogen) atoms. The van der Waals surface area contributed by atoms with Crippen molar-refractivity contribution in [3.63, 3.8) is 0 Å². The molecule has 3 rings (SSSR count). The van der Waals surface area contributed by atoms with E-state index in [1.807, 2.05) is 31.2 Å². The Morgan fingerprint density at radius 3 is 2.32 bits per heavy atom. The predicted octanol–water partition coefficient (Wildman–Crippen LogP) is 4.37. The molecule has 2 aromatic rings. The fourth-order valence-corrected chi connectivity index (χ4v) is 4.08. The van der Waals surface area contributed by atoms with Crippen LogP contribution in [0.15, 0.2) is 54.1 Å². The number of methoxy groups -OCH3 is 1. The van der Waals surface area contributed by atoms with E-state index in [4.69, 9.17) is 4.74 Å². The van der Waals surface area contributed by atoms with Gasteiger partial charge in [0.25, 0.3) is 11.7 Å². The number of aliphatic hydroxyl groups excluding tert-OH is 1. The number of anilines is 1. The molecule has 1 heterocycles. The van der Waals surface area contributed by atoms with Crippen LogP contribution in [-0.4, -0.2) is 48.4 Å². The molecule has 1 aliphatic heterocycles. The third-order valence-corrected chi connectivity index (χ3v) is 5.69. The lowest BCUT2D eigenvalue weighted by atomic mass is 9.95. The number of benzene rings is 2. The zero-order chi connectivity index (χ0) is 22.5. The molecule has 1 amide bonds. The summed E-state index contributed by atoms with van der Waals surface area (Å²) in [4.78, 5) is 29.6. The van der Waals surface area contributed by atoms with Gasteiger partial charge in [-0.15, -0.1) is 0 Å². The van der Waals surface area contributed by atoms with Crippen LogP contribution in [0.2, 0.25) is 0 Å². The Morgan fingerprint density at radius 2 is 1.74 bits per heavy atom. The van der Waals surface area contributed by atoms with Crippen LogP contribution in [0.4, 0.5) is 5.69 Å². The second-order valence-electron chi connectivity index (χ2n) is 7.49. The van der Waals surface area contributed by atoms with E-state index in [2.05, 4.69) is 18.7 Å². The fourth-order valence-electron chi connectivity index (χ4n) is 4.08. The van der Waals surface area contributed by atoms with Gasteiger partial charge in [0.1, 0.15) is 11.5 Å². The fraction of sp³-hybridized carbons (Fsp3) is 0.360. The van der Waals surface area contributed by atoms with E-state index < -0.39 is 17.7 Å². The maximum atomic E-state index is 13.0. The summed E-state index contributed by atoms with van der Waals surface area (Å²) in [5, 5.41) is 11.1. The molecule has 6 nitrogen and oxygen atoms in total. The summed E-state index contributed by atoms with van der Waals surface area (Å²) < 4.78 is 5.24. The molecule has 0 aliphatic carbocycles. The third kappa shape index (κ3) is 4.29. The lowest BCUT2D eigenvalue weighted by Gasteiger charge is -2.26. The summed E-state index contributed by atoms with van der Waals surface area (Å²) in [6, 6.07) is 14.1. The highest BCUT2D eigenvalue weighted by Crippen LogP contribution is 2.40. The molecule has 0 radical (unpaired) electrons. The summed E-state index contributed by atoms with van der Waals surface area (Å²) >= 11 is 0. The number of ketones is 1. The van der Waals surface area contributed by atoms with E-state index in [-0.39, 0.29) is 11.3 Å². The van der Waals surface area contributed by atoms with Gasteiger partial charge in [-0.25, -0.2) is 0 Å². The van der Waals surface area contributed by atoms with Gasteiger partial charge in [0.2, 0.25) is 0 Å². The lowest BCUT2D eigenvalue weighted by molar-refractivity contribution is -0.139. The van der Waals surface area contributed by atoms with Gasteiger partial charge in [0.05, 0.1) is 18.7 Å². The minimum atomic E-state index is -0.661. The molecule has 2 aromatic carbocycles. The number of carbonyl (C=O) groups excluding carboxylic acids is 2. The second-order valence-corrected chi connectivity index (χ2v) is 7.49. The van der Waals surface area contributed by atoms with Gasteiger partial charge >= 0.3 is 0 Å². The number of likely N-dealkylation sites (tertiary alicyclic amines) is 1. The number of ether oxygens (including phenoxy) is 1. The zero-order valence-electron chi connectivity index (χ0n) is 18.6. The molecule has 1 aliphatic rings. The van der Waals surface area contributed by atoms with E-state index in [0.29, 0.717) is 24.3 Å². The largest absolute Gasteiger partial charge is 0.507 e. The Bertz CT molecular complexity index is 977. The summed E-state index contributed by atoms with van der Waals surface area (Å²) in [5.41, 5.74) is 2.43. The maximum absolute atomic E-state index is 13.0. The molecule has 0 bridgehead atoms. The van der Waals surface area contributed by atoms with Crippen LogP contribution < -0.4 is 9.64 Å². The van der Waals surface area contributed by atoms with Gasteiger partial charge in [-0.1, -0.05) is 31.2 Å². The van der Waals surface area contributed by atoms with Gasteiger partial charge < -0.3 is 19.6 Å². The van der Waals surface area contributed by atoms with E-state index in [1.54, 1.807) is 29.2 Å². The highest BCUT2D eigenvalue weighted by Gasteiger charge is 2.45. The average molecular weight is 423 g/mol. The van der Waals surface area contributed by atoms with E-state index >= 15 is 0 Å². The smallest absolute Gasteiger partial charge is 0.295 e. The van der Waals surface area contributed by atoms with Crippen molar-refractivity contribution >= 4 is 23.1 Å². The van der Waals surface area contributed by atoms with E-state index in [9.17, 15) is 14.7 Å². The van der Waals surface area contributed by atoms with Crippen LogP contribution in [-0.2, 0) is 9.59 Å². The number of hydrogen-bond acceptors (Lipinski definition) is 5. The Morgan fingerprint density at radius 1 is 1.06 bits per heavy atom. The standard InChI is InChI=1S/C25H30N2O4/c1-5-15-27-22(17-11-13-19(14-12-17)26(6-2)7-3)21(24(29)25(27)30)23(28)18-9-8-10-20(16-18)31-4/h8-14,16,22,28H,5-7,15H2,1-4H3/b23-21-. The molecule has 6 heteroatoms. The first-order valence-corrected chi connectivity index (χ1v) is 10.7. The van der Waals surface area contributed by atoms with Gasteiger partial charge in [0.15, 0.2) is 0 Å². The second kappa shape index (κ2) is 9.69. The average Bonchev–Trinajstić information content (AvgIpc) is 3.05. The van der Waals surface area contributed by atoms with Gasteiger partial charge in [0, 0.05) is 30.9 Å². The molecular weight excluding hydrogens is 392 g/mol. The van der Waals surface area contributed by atoms with Crippen LogP contribution in [0.3, 0.4) is 0 Å². The van der Waals surface area contributed by atoms with Crippen LogP contribution >= 0.6 is 0 Å². The van der Waals surface area contributed by atoms with Crippen molar-refractivity contribution < 1.29 is 19.4 Å². The van der Waals surface area contributed by atoms with Crippen molar-refractivity contribution in [2.45, 2.75) is 33.2 Å². The van der Waals surface area contributed by atoms with Gasteiger partial charge in [-0.05, 0) is 50.1 Å². The number of nitrogens with zero attached hydrogens (tertiary/aromatic N) is 2. The molecule has 0 saturated carbocycles. The Labute approximate surface area is 183 Å². The first-order valence-electron chi connectivity index (χ1n) is 10.7. The number of rotatable bonds is 8. The quantitative estimate of drug-likeness (QED) is 0.389. The molecule has 1 atom stereocenters. The number of aliphatic hydroxyl groups is 1. The summed E-state index contributed by atoms with van der Waals surface area (Å²) in [5.74, 6) is -0.865. The van der Waals surface area contributed by atoms with Gasteiger partial charge in [-0.2, -0.15) is 0 Å². The summed E-state index contributed by atoms with van der Waals surface area (Å²) in [6.07, 6.45) is 0.709. The number of carbonyl (C=O) groups is 2. The summed E-state index contributed by atoms with van der Waals surface area (Å²) in [6.45, 7) is 8.37. The van der Waals surface area contributed by atoms with Crippen LogP contribution in [0.5, 0.6) is 5.75 Å². The van der Waals surface area contributed by atoms with Crippen molar-refractivity contribution in [3.8, 4) is 5.75 Å². The molecule has 1 saturated heterocycles. The Balaban J connectivity index is 2.12. The van der Waals surface area contributed by atoms with Crippen molar-refractivity contribution in [2.75, 3.05) is 31.6 Å². The minimum absolute atomic E-state index is 0.113. The van der Waals surface area contributed by atoms with Crippen molar-refractivity contribution in [2.24, 2.45) is 0 Å². The molecule has 1 unspecified atom stereocenters. The number of hydrogen-bond donors (Lipinski definition) is 1. The maximum Gasteiger partial charge on any atom is 0.295 e. The monoisotopic (exact) mass is 422 g/mol. The first kappa shape index (κ1) is 22.4. The molecule has 1 fully saturated rings. The van der Waals surface area contributed by atoms with Crippen LogP contribution in [0, 0.1) is 0 Å². The molecular formula is C25H30N2O4. The van der Waals surface area contributed by atoms with Crippen LogP contribution in [0.25, 0.3) is 5.76 Å². The Hall–Kier alpha value is -3.28. The van der Waals surface area contributed by atoms with Crippen LogP contribution in [0.1, 0.15) is 44.4 Å². The normalized spacial score (nSPS) is 17.8. The third-order valence-electron chi connectivity index (χ3n) is 5.69. The van der Waals surface area contributed by atoms with Crippen molar-refractivity contribution in [3.05, 3.63) is 65.2 Å². The highest BCUT2D eigenvalue weighted by molar-refractivity contribution is 6.46. The molecule has 164 valence electrons. The molecule has 0 aromatic heterocycles. The zero-order valence-corrected chi connectivity index (χ0v) is 18.6. The van der Waals surface area contributed by atoms with E-state index in [1.165, 1.54) is 7.11 Å². The SMILES string of the molecule is CCCN1C(=O)C(=O)/C(=C(\O)c2cccc(OC)c2)C1c1ccc(N(CC)CC)cc1. The number of Topliss-reactive ketones (excluding diaryl/α,β-unsaturated/α-hetero) is 1. The van der Waals surface area contributed by atoms with Gasteiger partial charge in [-0.3, -0.25) is 9.59 Å².